The van der Waals surface area contributed by atoms with E-state index in [4.69, 9.17) is 0 Å². The molecule has 1 aromatic carbocycles. The highest BCUT2D eigenvalue weighted by Gasteiger charge is 2.20. The molecule has 0 aromatic heterocycles. The molecule has 0 N–H and O–H groups in total. The summed E-state index contributed by atoms with van der Waals surface area (Å²) in [6, 6.07) is 5.77. The molecule has 0 spiro atoms. The first kappa shape index (κ1) is 11.5. The molecule has 0 saturated heterocycles. The zero-order chi connectivity index (χ0) is 11.7. The van der Waals surface area contributed by atoms with Gasteiger partial charge in [0.25, 0.3) is 0 Å². The highest BCUT2D eigenvalue weighted by Crippen LogP contribution is 2.25. The van der Waals surface area contributed by atoms with Crippen molar-refractivity contribution in [2.24, 2.45) is 0 Å². The minimum Gasteiger partial charge on any atom is -0.294 e. The summed E-state index contributed by atoms with van der Waals surface area (Å²) >= 11 is 0. The summed E-state index contributed by atoms with van der Waals surface area (Å²) < 4.78 is 11.9. The number of hydrogen-bond acceptors (Lipinski definition) is 2. The predicted molar refractivity (Wildman–Crippen MR) is 65.4 cm³/mol. The van der Waals surface area contributed by atoms with Crippen LogP contribution in [0.5, 0.6) is 0 Å². The lowest BCUT2D eigenvalue weighted by Crippen LogP contribution is -2.03. The van der Waals surface area contributed by atoms with Crippen LogP contribution in [0.15, 0.2) is 23.1 Å². The van der Waals surface area contributed by atoms with E-state index in [0.717, 1.165) is 16.9 Å². The molecule has 1 heterocycles. The van der Waals surface area contributed by atoms with E-state index < -0.39 is 10.8 Å². The van der Waals surface area contributed by atoms with Crippen LogP contribution < -0.4 is 0 Å². The van der Waals surface area contributed by atoms with Crippen LogP contribution in [-0.2, 0) is 10.8 Å². The Morgan fingerprint density at radius 1 is 1.31 bits per heavy atom. The molecule has 1 unspecified atom stereocenters. The number of hydrogen-bond donors (Lipinski definition) is 0. The van der Waals surface area contributed by atoms with E-state index in [-0.39, 0.29) is 5.78 Å². The van der Waals surface area contributed by atoms with Gasteiger partial charge >= 0.3 is 0 Å². The van der Waals surface area contributed by atoms with E-state index in [9.17, 15) is 9.00 Å². The van der Waals surface area contributed by atoms with Crippen LogP contribution in [0.25, 0.3) is 0 Å². The first-order valence-corrected chi connectivity index (χ1v) is 6.97. The summed E-state index contributed by atoms with van der Waals surface area (Å²) in [5.74, 6) is 1.15. The number of ketones is 1. The molecule has 3 heteroatoms. The number of Topliss-reactive ketones (excluding diaryl/α,β-unsaturated/α-hetero) is 1. The summed E-state index contributed by atoms with van der Waals surface area (Å²) in [6.45, 7) is 4.19. The second-order valence-corrected chi connectivity index (χ2v) is 6.03. The molecule has 2 rings (SSSR count). The van der Waals surface area contributed by atoms with Crippen molar-refractivity contribution in [2.75, 3.05) is 5.75 Å². The zero-order valence-corrected chi connectivity index (χ0v) is 10.5. The van der Waals surface area contributed by atoms with E-state index in [0.29, 0.717) is 23.7 Å². The Balaban J connectivity index is 2.54. The van der Waals surface area contributed by atoms with Crippen LogP contribution >= 0.6 is 0 Å². The van der Waals surface area contributed by atoms with Crippen LogP contribution in [0.3, 0.4) is 0 Å². The smallest absolute Gasteiger partial charge is 0.164 e. The molecule has 0 radical (unpaired) electrons. The SMILES string of the molecule is CC(C)c1ccc2c(c1)C(=O)CCCS2=O. The molecule has 1 aliphatic heterocycles. The van der Waals surface area contributed by atoms with Gasteiger partial charge in [0.2, 0.25) is 0 Å². The lowest BCUT2D eigenvalue weighted by molar-refractivity contribution is 0.0980. The number of carbonyl (C=O) groups is 1. The van der Waals surface area contributed by atoms with Crippen molar-refractivity contribution in [1.82, 2.24) is 0 Å². The zero-order valence-electron chi connectivity index (χ0n) is 9.66. The van der Waals surface area contributed by atoms with Crippen molar-refractivity contribution in [3.05, 3.63) is 29.3 Å². The Bertz CT molecular complexity index is 449. The Morgan fingerprint density at radius 3 is 2.75 bits per heavy atom. The molecule has 86 valence electrons. The normalized spacial score (nSPS) is 20.7. The molecule has 0 aliphatic carbocycles. The third-order valence-electron chi connectivity index (χ3n) is 2.95. The predicted octanol–water partition coefficient (Wildman–Crippen LogP) is 2.89. The van der Waals surface area contributed by atoms with Gasteiger partial charge in [-0.05, 0) is 30.0 Å². The average Bonchev–Trinajstić information content (AvgIpc) is 2.40. The maximum Gasteiger partial charge on any atom is 0.164 e. The summed E-state index contributed by atoms with van der Waals surface area (Å²) in [5, 5.41) is 0. The van der Waals surface area contributed by atoms with Crippen LogP contribution in [0.1, 0.15) is 48.5 Å². The summed E-state index contributed by atoms with van der Waals surface area (Å²) in [7, 11) is -0.996. The Hall–Kier alpha value is -0.960. The topological polar surface area (TPSA) is 34.1 Å². The maximum atomic E-state index is 11.9. The lowest BCUT2D eigenvalue weighted by atomic mass is 9.98. The molecule has 1 aromatic rings. The molecule has 0 amide bonds. The van der Waals surface area contributed by atoms with E-state index in [2.05, 4.69) is 13.8 Å². The fourth-order valence-electron chi connectivity index (χ4n) is 1.93. The second kappa shape index (κ2) is 4.50. The fraction of sp³-hybridized carbons (Fsp3) is 0.462. The van der Waals surface area contributed by atoms with Gasteiger partial charge in [0.1, 0.15) is 0 Å². The molecule has 16 heavy (non-hydrogen) atoms. The highest BCUT2D eigenvalue weighted by atomic mass is 32.2. The number of benzene rings is 1. The van der Waals surface area contributed by atoms with Gasteiger partial charge in [-0.3, -0.25) is 9.00 Å². The van der Waals surface area contributed by atoms with E-state index >= 15 is 0 Å². The number of fused-ring (bicyclic) bond motifs is 1. The van der Waals surface area contributed by atoms with Gasteiger partial charge in [0.15, 0.2) is 5.78 Å². The molecular formula is C13H16O2S. The van der Waals surface area contributed by atoms with Crippen molar-refractivity contribution in [3.8, 4) is 0 Å². The van der Waals surface area contributed by atoms with E-state index in [1.54, 1.807) is 0 Å². The maximum absolute atomic E-state index is 11.9. The Morgan fingerprint density at radius 2 is 2.06 bits per heavy atom. The van der Waals surface area contributed by atoms with Gasteiger partial charge in [-0.1, -0.05) is 19.9 Å². The quantitative estimate of drug-likeness (QED) is 0.751. The largest absolute Gasteiger partial charge is 0.294 e. The molecule has 0 saturated carbocycles. The number of rotatable bonds is 1. The summed E-state index contributed by atoms with van der Waals surface area (Å²) in [4.78, 5) is 12.6. The third-order valence-corrected chi connectivity index (χ3v) is 4.46. The van der Waals surface area contributed by atoms with Gasteiger partial charge in [0.05, 0.1) is 10.8 Å². The first-order valence-electron chi connectivity index (χ1n) is 5.65. The van der Waals surface area contributed by atoms with Gasteiger partial charge < -0.3 is 0 Å². The Kier molecular flexibility index (Phi) is 3.24. The number of carbonyl (C=O) groups excluding carboxylic acids is 1. The Labute approximate surface area is 98.5 Å². The molecule has 0 fully saturated rings. The van der Waals surface area contributed by atoms with Crippen molar-refractivity contribution in [1.29, 1.82) is 0 Å². The van der Waals surface area contributed by atoms with Gasteiger partial charge in [-0.2, -0.15) is 0 Å². The highest BCUT2D eigenvalue weighted by molar-refractivity contribution is 7.85. The van der Waals surface area contributed by atoms with Crippen LogP contribution in [0, 0.1) is 0 Å². The monoisotopic (exact) mass is 236 g/mol. The van der Waals surface area contributed by atoms with Crippen molar-refractivity contribution >= 4 is 16.6 Å². The molecular weight excluding hydrogens is 220 g/mol. The second-order valence-electron chi connectivity index (χ2n) is 4.49. The summed E-state index contributed by atoms with van der Waals surface area (Å²) in [5.41, 5.74) is 1.83. The molecule has 2 nitrogen and oxygen atoms in total. The minimum atomic E-state index is -0.996. The van der Waals surface area contributed by atoms with Crippen molar-refractivity contribution in [2.45, 2.75) is 37.5 Å². The van der Waals surface area contributed by atoms with Crippen molar-refractivity contribution < 1.29 is 9.00 Å². The van der Waals surface area contributed by atoms with Gasteiger partial charge in [0, 0.05) is 22.6 Å². The van der Waals surface area contributed by atoms with Crippen LogP contribution in [0.2, 0.25) is 0 Å². The van der Waals surface area contributed by atoms with Crippen LogP contribution in [0.4, 0.5) is 0 Å². The summed E-state index contributed by atoms with van der Waals surface area (Å²) in [6.07, 6.45) is 1.26. The molecule has 1 aliphatic rings. The third kappa shape index (κ3) is 2.09. The molecule has 1 atom stereocenters. The van der Waals surface area contributed by atoms with Gasteiger partial charge in [-0.15, -0.1) is 0 Å². The van der Waals surface area contributed by atoms with Crippen molar-refractivity contribution in [3.63, 3.8) is 0 Å². The fourth-order valence-corrected chi connectivity index (χ4v) is 3.20. The standard InChI is InChI=1S/C13H16O2S/c1-9(2)10-5-6-13-11(8-10)12(14)4-3-7-16(13)15/h5-6,8-9H,3-4,7H2,1-2H3. The van der Waals surface area contributed by atoms with Gasteiger partial charge in [-0.25, -0.2) is 0 Å². The lowest BCUT2D eigenvalue weighted by Gasteiger charge is -2.09. The first-order chi connectivity index (χ1) is 7.59. The van der Waals surface area contributed by atoms with E-state index in [1.807, 2.05) is 18.2 Å². The van der Waals surface area contributed by atoms with Crippen LogP contribution in [-0.4, -0.2) is 15.7 Å². The average molecular weight is 236 g/mol. The minimum absolute atomic E-state index is 0.142. The van der Waals surface area contributed by atoms with E-state index in [1.165, 1.54) is 0 Å². The molecule has 0 bridgehead atoms.